The number of piperazine rings is 1. The molecule has 2 rings (SSSR count). The first-order chi connectivity index (χ1) is 13.7. The zero-order valence-electron chi connectivity index (χ0n) is 17.1. The Morgan fingerprint density at radius 1 is 1.24 bits per heavy atom. The highest BCUT2D eigenvalue weighted by Gasteiger charge is 2.27. The van der Waals surface area contributed by atoms with E-state index in [9.17, 15) is 19.7 Å². The number of carbonyl (C=O) groups is 2. The van der Waals surface area contributed by atoms with Crippen molar-refractivity contribution in [1.29, 1.82) is 0 Å². The lowest BCUT2D eigenvalue weighted by atomic mass is 10.2. The molecule has 1 aliphatic heterocycles. The van der Waals surface area contributed by atoms with Gasteiger partial charge in [-0.05, 0) is 32.5 Å². The predicted molar refractivity (Wildman–Crippen MR) is 112 cm³/mol. The summed E-state index contributed by atoms with van der Waals surface area (Å²) < 4.78 is 0. The van der Waals surface area contributed by atoms with Gasteiger partial charge in [-0.2, -0.15) is 0 Å². The monoisotopic (exact) mass is 425 g/mol. The van der Waals surface area contributed by atoms with E-state index in [0.29, 0.717) is 43.4 Å². The lowest BCUT2D eigenvalue weighted by Crippen LogP contribution is -2.52. The Morgan fingerprint density at radius 2 is 1.90 bits per heavy atom. The molecule has 1 aliphatic rings. The average Bonchev–Trinajstić information content (AvgIpc) is 2.66. The number of hydrogen-bond donors (Lipinski definition) is 1. The smallest absolute Gasteiger partial charge is 0.294 e. The summed E-state index contributed by atoms with van der Waals surface area (Å²) in [6, 6.07) is 4.67. The number of anilines is 1. The number of likely N-dealkylation sites (N-methyl/N-ethyl adjacent to an activating group) is 1. The van der Waals surface area contributed by atoms with Gasteiger partial charge in [0.2, 0.25) is 11.8 Å². The van der Waals surface area contributed by atoms with Crippen molar-refractivity contribution in [2.75, 3.05) is 50.7 Å². The first-order valence-electron chi connectivity index (χ1n) is 9.69. The molecule has 0 unspecified atom stereocenters. The van der Waals surface area contributed by atoms with Crippen LogP contribution in [0.5, 0.6) is 0 Å². The normalized spacial score (nSPS) is 14.4. The highest BCUT2D eigenvalue weighted by molar-refractivity contribution is 6.30. The molecular weight excluding hydrogens is 398 g/mol. The Kier molecular flexibility index (Phi) is 8.21. The Hall–Kier alpha value is -2.39. The number of carbonyl (C=O) groups excluding carboxylic acids is 2. The van der Waals surface area contributed by atoms with Crippen LogP contribution in [0.2, 0.25) is 5.02 Å². The minimum atomic E-state index is -0.444. The second kappa shape index (κ2) is 10.4. The van der Waals surface area contributed by atoms with Crippen molar-refractivity contribution in [1.82, 2.24) is 15.1 Å². The van der Waals surface area contributed by atoms with Gasteiger partial charge in [-0.1, -0.05) is 18.5 Å². The third-order valence-electron chi connectivity index (χ3n) is 4.73. The zero-order chi connectivity index (χ0) is 21.6. The van der Waals surface area contributed by atoms with Crippen molar-refractivity contribution in [2.45, 2.75) is 26.8 Å². The van der Waals surface area contributed by atoms with Gasteiger partial charge in [0.25, 0.3) is 5.69 Å². The fourth-order valence-corrected chi connectivity index (χ4v) is 3.41. The van der Waals surface area contributed by atoms with Crippen molar-refractivity contribution < 1.29 is 14.5 Å². The van der Waals surface area contributed by atoms with Gasteiger partial charge in [0.05, 0.1) is 18.0 Å². The maximum absolute atomic E-state index is 12.6. The van der Waals surface area contributed by atoms with Gasteiger partial charge >= 0.3 is 0 Å². The second-order valence-electron chi connectivity index (χ2n) is 7.28. The van der Waals surface area contributed by atoms with Crippen LogP contribution in [-0.4, -0.2) is 78.4 Å². The van der Waals surface area contributed by atoms with E-state index in [2.05, 4.69) is 5.32 Å². The number of rotatable bonds is 8. The third-order valence-corrected chi connectivity index (χ3v) is 4.97. The molecule has 0 atom stereocenters. The summed E-state index contributed by atoms with van der Waals surface area (Å²) >= 11 is 5.88. The van der Waals surface area contributed by atoms with Crippen LogP contribution < -0.4 is 10.2 Å². The van der Waals surface area contributed by atoms with E-state index >= 15 is 0 Å². The van der Waals surface area contributed by atoms with Gasteiger partial charge in [0.1, 0.15) is 5.69 Å². The molecule has 1 heterocycles. The molecule has 0 aliphatic carbocycles. The summed E-state index contributed by atoms with van der Waals surface area (Å²) in [6.07, 6.45) is 0. The highest BCUT2D eigenvalue weighted by atomic mass is 35.5. The molecule has 1 saturated heterocycles. The number of nitrogens with one attached hydrogen (secondary N) is 1. The molecule has 29 heavy (non-hydrogen) atoms. The summed E-state index contributed by atoms with van der Waals surface area (Å²) in [5.74, 6) is -0.149. The molecule has 1 aromatic rings. The lowest BCUT2D eigenvalue weighted by molar-refractivity contribution is -0.384. The molecule has 0 radical (unpaired) electrons. The van der Waals surface area contributed by atoms with Crippen LogP contribution in [-0.2, 0) is 9.59 Å². The van der Waals surface area contributed by atoms with E-state index in [0.717, 1.165) is 0 Å². The van der Waals surface area contributed by atoms with Crippen molar-refractivity contribution in [3.05, 3.63) is 33.3 Å². The molecule has 1 fully saturated rings. The van der Waals surface area contributed by atoms with Crippen LogP contribution in [0.25, 0.3) is 0 Å². The van der Waals surface area contributed by atoms with E-state index in [1.54, 1.807) is 21.9 Å². The third kappa shape index (κ3) is 6.57. The lowest BCUT2D eigenvalue weighted by Gasteiger charge is -2.36. The number of amides is 2. The number of nitrogens with zero attached hydrogens (tertiary/aromatic N) is 4. The molecule has 0 bridgehead atoms. The average molecular weight is 426 g/mol. The number of hydrogen-bond acceptors (Lipinski definition) is 6. The summed E-state index contributed by atoms with van der Waals surface area (Å²) in [5.41, 5.74) is 0.470. The fourth-order valence-electron chi connectivity index (χ4n) is 3.25. The molecule has 1 aromatic carbocycles. The van der Waals surface area contributed by atoms with Crippen LogP contribution in [0.4, 0.5) is 11.4 Å². The summed E-state index contributed by atoms with van der Waals surface area (Å²) in [7, 11) is 0. The first-order valence-corrected chi connectivity index (χ1v) is 10.1. The summed E-state index contributed by atoms with van der Waals surface area (Å²) in [6.45, 7) is 8.56. The standard InChI is InChI=1S/C19H28ClN5O4/c1-4-22(12-18(26)21-14(2)3)13-19(27)24-9-7-23(8-10-24)16-6-5-15(20)11-17(16)25(28)29/h5-6,11,14H,4,7-10,12-13H2,1-3H3,(H,21,26). The van der Waals surface area contributed by atoms with Crippen molar-refractivity contribution in [3.8, 4) is 0 Å². The van der Waals surface area contributed by atoms with Crippen LogP contribution in [0.1, 0.15) is 20.8 Å². The van der Waals surface area contributed by atoms with E-state index in [4.69, 9.17) is 11.6 Å². The number of nitro benzene ring substituents is 1. The van der Waals surface area contributed by atoms with Crippen molar-refractivity contribution >= 4 is 34.8 Å². The van der Waals surface area contributed by atoms with Gasteiger partial charge in [-0.3, -0.25) is 24.6 Å². The maximum atomic E-state index is 12.6. The molecule has 2 amide bonds. The maximum Gasteiger partial charge on any atom is 0.294 e. The van der Waals surface area contributed by atoms with Crippen molar-refractivity contribution in [3.63, 3.8) is 0 Å². The fraction of sp³-hybridized carbons (Fsp3) is 0.579. The Morgan fingerprint density at radius 3 is 2.45 bits per heavy atom. The highest BCUT2D eigenvalue weighted by Crippen LogP contribution is 2.31. The van der Waals surface area contributed by atoms with Gasteiger partial charge in [-0.25, -0.2) is 0 Å². The van der Waals surface area contributed by atoms with E-state index in [1.807, 2.05) is 25.7 Å². The van der Waals surface area contributed by atoms with Crippen LogP contribution >= 0.6 is 11.6 Å². The predicted octanol–water partition coefficient (Wildman–Crippen LogP) is 1.74. The topological polar surface area (TPSA) is 99.0 Å². The molecule has 10 heteroatoms. The largest absolute Gasteiger partial charge is 0.362 e. The summed E-state index contributed by atoms with van der Waals surface area (Å²) in [4.78, 5) is 40.9. The van der Waals surface area contributed by atoms with E-state index in [1.165, 1.54) is 6.07 Å². The number of halogens is 1. The summed E-state index contributed by atoms with van der Waals surface area (Å²) in [5, 5.41) is 14.5. The Labute approximate surface area is 175 Å². The minimum Gasteiger partial charge on any atom is -0.362 e. The molecule has 0 saturated carbocycles. The zero-order valence-corrected chi connectivity index (χ0v) is 17.8. The minimum absolute atomic E-state index is 0.0365. The van der Waals surface area contributed by atoms with Gasteiger partial charge in [0.15, 0.2) is 0 Å². The molecule has 0 spiro atoms. The van der Waals surface area contributed by atoms with Crippen LogP contribution in [0, 0.1) is 10.1 Å². The Bertz CT molecular complexity index is 750. The molecule has 1 N–H and O–H groups in total. The quantitative estimate of drug-likeness (QED) is 0.503. The molecule has 9 nitrogen and oxygen atoms in total. The van der Waals surface area contributed by atoms with Crippen molar-refractivity contribution in [2.24, 2.45) is 0 Å². The van der Waals surface area contributed by atoms with Crippen LogP contribution in [0.15, 0.2) is 18.2 Å². The number of benzene rings is 1. The van der Waals surface area contributed by atoms with Gasteiger partial charge in [-0.15, -0.1) is 0 Å². The van der Waals surface area contributed by atoms with Gasteiger partial charge < -0.3 is 15.1 Å². The molecule has 160 valence electrons. The second-order valence-corrected chi connectivity index (χ2v) is 7.72. The first kappa shape index (κ1) is 22.9. The van der Waals surface area contributed by atoms with E-state index in [-0.39, 0.29) is 36.6 Å². The number of nitro groups is 1. The van der Waals surface area contributed by atoms with Crippen LogP contribution in [0.3, 0.4) is 0 Å². The Balaban J connectivity index is 1.92. The molecular formula is C19H28ClN5O4. The van der Waals surface area contributed by atoms with Gasteiger partial charge in [0, 0.05) is 43.3 Å². The SMILES string of the molecule is CCN(CC(=O)NC(C)C)CC(=O)N1CCN(c2ccc(Cl)cc2[N+](=O)[O-])CC1. The molecule has 0 aromatic heterocycles. The van der Waals surface area contributed by atoms with E-state index < -0.39 is 4.92 Å².